The van der Waals surface area contributed by atoms with Gasteiger partial charge in [0.05, 0.1) is 4.90 Å². The highest BCUT2D eigenvalue weighted by atomic mass is 32.2. The number of benzene rings is 2. The first-order chi connectivity index (χ1) is 14.7. The largest absolute Gasteiger partial charge is 0.338 e. The number of hydrogen-bond acceptors (Lipinski definition) is 3. The Morgan fingerprint density at radius 1 is 1.00 bits per heavy atom. The van der Waals surface area contributed by atoms with E-state index in [4.69, 9.17) is 0 Å². The molecular weight excluding hydrogens is 408 g/mol. The summed E-state index contributed by atoms with van der Waals surface area (Å²) in [4.78, 5) is 15.4. The number of carbonyl (C=O) groups excluding carboxylic acids is 1. The van der Waals surface area contributed by atoms with Crippen LogP contribution in [0.2, 0.25) is 0 Å². The Kier molecular flexibility index (Phi) is 7.22. The van der Waals surface area contributed by atoms with Gasteiger partial charge in [-0.05, 0) is 75.3 Å². The van der Waals surface area contributed by atoms with Crippen LogP contribution in [0.3, 0.4) is 0 Å². The van der Waals surface area contributed by atoms with Crippen LogP contribution in [0.1, 0.15) is 47.6 Å². The molecule has 2 aromatic rings. The van der Waals surface area contributed by atoms with E-state index in [0.29, 0.717) is 43.9 Å². The van der Waals surface area contributed by atoms with Crippen molar-refractivity contribution < 1.29 is 13.2 Å². The Bertz CT molecular complexity index is 1010. The minimum atomic E-state index is -3.58. The van der Waals surface area contributed by atoms with Gasteiger partial charge in [-0.15, -0.1) is 0 Å². The molecule has 0 atom stereocenters. The molecule has 0 radical (unpaired) electrons. The van der Waals surface area contributed by atoms with Gasteiger partial charge in [-0.25, -0.2) is 8.42 Å². The first kappa shape index (κ1) is 23.5. The van der Waals surface area contributed by atoms with Gasteiger partial charge in [0, 0.05) is 32.1 Å². The molecule has 5 nitrogen and oxygen atoms in total. The van der Waals surface area contributed by atoms with Crippen molar-refractivity contribution in [2.45, 2.75) is 58.9 Å². The van der Waals surface area contributed by atoms with Crippen LogP contribution in [0.15, 0.2) is 41.3 Å². The lowest BCUT2D eigenvalue weighted by Crippen LogP contribution is -2.44. The number of nitrogens with zero attached hydrogens (tertiary/aromatic N) is 2. The molecule has 1 aliphatic heterocycles. The predicted octanol–water partition coefficient (Wildman–Crippen LogP) is 4.37. The minimum absolute atomic E-state index is 0.127. The molecule has 1 aliphatic rings. The maximum atomic E-state index is 13.5. The van der Waals surface area contributed by atoms with Gasteiger partial charge in [-0.1, -0.05) is 36.4 Å². The molecule has 31 heavy (non-hydrogen) atoms. The third-order valence-corrected chi connectivity index (χ3v) is 8.78. The van der Waals surface area contributed by atoms with Crippen molar-refractivity contribution in [2.24, 2.45) is 5.92 Å². The van der Waals surface area contributed by atoms with E-state index in [1.165, 1.54) is 0 Å². The van der Waals surface area contributed by atoms with Gasteiger partial charge >= 0.3 is 0 Å². The third-order valence-electron chi connectivity index (χ3n) is 6.61. The summed E-state index contributed by atoms with van der Waals surface area (Å²) < 4.78 is 28.5. The van der Waals surface area contributed by atoms with Crippen molar-refractivity contribution in [3.05, 3.63) is 64.2 Å². The summed E-state index contributed by atoms with van der Waals surface area (Å²) >= 11 is 0. The molecule has 1 saturated heterocycles. The molecule has 168 valence electrons. The lowest BCUT2D eigenvalue weighted by molar-refractivity contribution is -0.137. The number of aryl methyl sites for hydroxylation is 2. The Morgan fingerprint density at radius 2 is 1.55 bits per heavy atom. The van der Waals surface area contributed by atoms with E-state index in [0.717, 1.165) is 27.8 Å². The number of amides is 1. The molecule has 6 heteroatoms. The fourth-order valence-electron chi connectivity index (χ4n) is 4.45. The average molecular weight is 443 g/mol. The van der Waals surface area contributed by atoms with Crippen LogP contribution in [0, 0.1) is 33.6 Å². The quantitative estimate of drug-likeness (QED) is 0.667. The number of rotatable bonds is 6. The summed E-state index contributed by atoms with van der Waals surface area (Å²) in [5.41, 5.74) is 4.73. The van der Waals surface area contributed by atoms with Crippen molar-refractivity contribution in [3.63, 3.8) is 0 Å². The highest BCUT2D eigenvalue weighted by molar-refractivity contribution is 7.89. The van der Waals surface area contributed by atoms with Gasteiger partial charge in [0.25, 0.3) is 0 Å². The molecular formula is C25H34N2O3S. The summed E-state index contributed by atoms with van der Waals surface area (Å²) in [7, 11) is -3.58. The summed E-state index contributed by atoms with van der Waals surface area (Å²) in [5.74, 6) is -0.00119. The van der Waals surface area contributed by atoms with Crippen molar-refractivity contribution in [1.82, 2.24) is 9.21 Å². The van der Waals surface area contributed by atoms with E-state index in [2.05, 4.69) is 0 Å². The maximum Gasteiger partial charge on any atom is 0.243 e. The smallest absolute Gasteiger partial charge is 0.243 e. The topological polar surface area (TPSA) is 57.7 Å². The van der Waals surface area contributed by atoms with Crippen molar-refractivity contribution in [2.75, 3.05) is 19.6 Å². The molecule has 0 aliphatic carbocycles. The van der Waals surface area contributed by atoms with E-state index < -0.39 is 10.0 Å². The molecule has 1 fully saturated rings. The Labute approximate surface area is 187 Å². The SMILES string of the molecule is CCN(Cc1ccccc1)C(=O)C1CCN(S(=O)(=O)c2c(C)c(C)cc(C)c2C)CC1. The number of carbonyl (C=O) groups is 1. The molecule has 0 bridgehead atoms. The molecule has 0 aromatic heterocycles. The van der Waals surface area contributed by atoms with Crippen LogP contribution < -0.4 is 0 Å². The molecule has 0 spiro atoms. The van der Waals surface area contributed by atoms with Crippen molar-refractivity contribution >= 4 is 15.9 Å². The van der Waals surface area contributed by atoms with Gasteiger partial charge < -0.3 is 4.90 Å². The summed E-state index contributed by atoms with van der Waals surface area (Å²) in [6.07, 6.45) is 1.12. The second kappa shape index (κ2) is 9.53. The van der Waals surface area contributed by atoms with Crippen LogP contribution >= 0.6 is 0 Å². The standard InChI is InChI=1S/C25H34N2O3S/c1-6-26(17-22-10-8-7-9-11-22)25(28)23-12-14-27(15-13-23)31(29,30)24-20(4)18(2)16-19(3)21(24)5/h7-11,16,23H,6,12-15,17H2,1-5H3. The van der Waals surface area contributed by atoms with E-state index in [1.54, 1.807) is 4.31 Å². The number of sulfonamides is 1. The second-order valence-corrected chi connectivity index (χ2v) is 10.5. The zero-order valence-corrected chi connectivity index (χ0v) is 20.1. The van der Waals surface area contributed by atoms with E-state index in [9.17, 15) is 13.2 Å². The van der Waals surface area contributed by atoms with E-state index >= 15 is 0 Å². The van der Waals surface area contributed by atoms with Crippen molar-refractivity contribution in [1.29, 1.82) is 0 Å². The number of piperidine rings is 1. The summed E-state index contributed by atoms with van der Waals surface area (Å²) in [5, 5.41) is 0. The first-order valence-electron chi connectivity index (χ1n) is 11.1. The third kappa shape index (κ3) is 4.85. The number of hydrogen-bond donors (Lipinski definition) is 0. The lowest BCUT2D eigenvalue weighted by Gasteiger charge is -2.34. The van der Waals surface area contributed by atoms with Gasteiger partial charge in [0.2, 0.25) is 15.9 Å². The first-order valence-corrected chi connectivity index (χ1v) is 12.5. The van der Waals surface area contributed by atoms with Crippen LogP contribution in [-0.2, 0) is 21.4 Å². The zero-order chi connectivity index (χ0) is 22.8. The molecule has 2 aromatic carbocycles. The molecule has 1 heterocycles. The fraction of sp³-hybridized carbons (Fsp3) is 0.480. The van der Waals surface area contributed by atoms with Crippen LogP contribution in [0.25, 0.3) is 0 Å². The molecule has 0 N–H and O–H groups in total. The van der Waals surface area contributed by atoms with Gasteiger partial charge in [-0.2, -0.15) is 4.31 Å². The van der Waals surface area contributed by atoms with E-state index in [-0.39, 0.29) is 11.8 Å². The monoisotopic (exact) mass is 442 g/mol. The second-order valence-electron chi connectivity index (χ2n) is 8.61. The Morgan fingerprint density at radius 3 is 2.06 bits per heavy atom. The van der Waals surface area contributed by atoms with Crippen LogP contribution in [-0.4, -0.2) is 43.2 Å². The highest BCUT2D eigenvalue weighted by Crippen LogP contribution is 2.31. The lowest BCUT2D eigenvalue weighted by atomic mass is 9.96. The summed E-state index contributed by atoms with van der Waals surface area (Å²) in [6, 6.07) is 12.0. The molecule has 1 amide bonds. The highest BCUT2D eigenvalue weighted by Gasteiger charge is 2.35. The van der Waals surface area contributed by atoms with Crippen LogP contribution in [0.5, 0.6) is 0 Å². The van der Waals surface area contributed by atoms with Crippen molar-refractivity contribution in [3.8, 4) is 0 Å². The maximum absolute atomic E-state index is 13.5. The Balaban J connectivity index is 1.72. The Hall–Kier alpha value is -2.18. The fourth-order valence-corrected chi connectivity index (χ4v) is 6.49. The van der Waals surface area contributed by atoms with E-state index in [1.807, 2.05) is 75.9 Å². The molecule has 0 saturated carbocycles. The van der Waals surface area contributed by atoms with Gasteiger partial charge in [0.15, 0.2) is 0 Å². The van der Waals surface area contributed by atoms with Gasteiger partial charge in [0.1, 0.15) is 0 Å². The zero-order valence-electron chi connectivity index (χ0n) is 19.3. The minimum Gasteiger partial charge on any atom is -0.338 e. The molecule has 0 unspecified atom stereocenters. The van der Waals surface area contributed by atoms with Crippen LogP contribution in [0.4, 0.5) is 0 Å². The van der Waals surface area contributed by atoms with Gasteiger partial charge in [-0.3, -0.25) is 4.79 Å². The summed E-state index contributed by atoms with van der Waals surface area (Å²) in [6.45, 7) is 11.7. The normalized spacial score (nSPS) is 15.8. The average Bonchev–Trinajstić information content (AvgIpc) is 2.76. The predicted molar refractivity (Wildman–Crippen MR) is 124 cm³/mol. The molecule has 3 rings (SSSR count).